The molecular weight excluding hydrogens is 306 g/mol. The molecule has 0 fully saturated rings. The van der Waals surface area contributed by atoms with Crippen LogP contribution in [-0.4, -0.2) is 4.98 Å². The van der Waals surface area contributed by atoms with Gasteiger partial charge in [0, 0.05) is 22.5 Å². The summed E-state index contributed by atoms with van der Waals surface area (Å²) in [6.07, 6.45) is 4.26. The molecule has 2 heterocycles. The van der Waals surface area contributed by atoms with Gasteiger partial charge in [0.05, 0.1) is 5.69 Å². The molecule has 0 bridgehead atoms. The third-order valence-corrected chi connectivity index (χ3v) is 5.32. The zero-order valence-corrected chi connectivity index (χ0v) is 15.0. The Labute approximate surface area is 148 Å². The fraction of sp³-hybridized carbons (Fsp3) is 0.261. The van der Waals surface area contributed by atoms with Gasteiger partial charge in [0.25, 0.3) is 0 Å². The summed E-state index contributed by atoms with van der Waals surface area (Å²) in [7, 11) is 0. The van der Waals surface area contributed by atoms with E-state index in [1.807, 2.05) is 18.3 Å². The van der Waals surface area contributed by atoms with Gasteiger partial charge in [-0.05, 0) is 67.1 Å². The smallest absolute Gasteiger partial charge is 0.135 e. The van der Waals surface area contributed by atoms with Crippen molar-refractivity contribution in [1.82, 2.24) is 4.98 Å². The van der Waals surface area contributed by atoms with E-state index in [4.69, 9.17) is 4.42 Å². The van der Waals surface area contributed by atoms with Gasteiger partial charge in [-0.1, -0.05) is 32.0 Å². The van der Waals surface area contributed by atoms with Gasteiger partial charge in [0.15, 0.2) is 0 Å². The average Bonchev–Trinajstić information content (AvgIpc) is 3.03. The Morgan fingerprint density at radius 1 is 0.960 bits per heavy atom. The predicted molar refractivity (Wildman–Crippen MR) is 105 cm³/mol. The van der Waals surface area contributed by atoms with Crippen LogP contribution in [0.5, 0.6) is 0 Å². The van der Waals surface area contributed by atoms with Crippen molar-refractivity contribution in [2.75, 3.05) is 0 Å². The highest BCUT2D eigenvalue weighted by molar-refractivity contribution is 6.08. The van der Waals surface area contributed by atoms with Crippen molar-refractivity contribution in [1.29, 1.82) is 0 Å². The van der Waals surface area contributed by atoms with Crippen LogP contribution in [0.1, 0.15) is 43.7 Å². The lowest BCUT2D eigenvalue weighted by Gasteiger charge is -2.14. The minimum atomic E-state index is 0.598. The van der Waals surface area contributed by atoms with E-state index in [0.29, 0.717) is 5.92 Å². The van der Waals surface area contributed by atoms with Crippen LogP contribution in [0.25, 0.3) is 33.2 Å². The summed E-state index contributed by atoms with van der Waals surface area (Å²) in [4.78, 5) is 4.66. The lowest BCUT2D eigenvalue weighted by atomic mass is 9.92. The van der Waals surface area contributed by atoms with Gasteiger partial charge in [-0.3, -0.25) is 4.98 Å². The van der Waals surface area contributed by atoms with Gasteiger partial charge in [0.1, 0.15) is 11.2 Å². The van der Waals surface area contributed by atoms with Crippen molar-refractivity contribution >= 4 is 21.9 Å². The minimum absolute atomic E-state index is 0.598. The van der Waals surface area contributed by atoms with Crippen molar-refractivity contribution in [3.63, 3.8) is 0 Å². The topological polar surface area (TPSA) is 26.0 Å². The lowest BCUT2D eigenvalue weighted by molar-refractivity contribution is 0.641. The second kappa shape index (κ2) is 6.36. The van der Waals surface area contributed by atoms with Crippen molar-refractivity contribution in [3.8, 4) is 11.3 Å². The van der Waals surface area contributed by atoms with Crippen LogP contribution in [0.2, 0.25) is 0 Å². The maximum Gasteiger partial charge on any atom is 0.135 e. The SMILES string of the molecule is CCC(CC)c1ccnc(-c2ccc3oc4ccccc4c3c2C)c1. The summed E-state index contributed by atoms with van der Waals surface area (Å²) in [5.41, 5.74) is 6.74. The van der Waals surface area contributed by atoms with E-state index in [1.54, 1.807) is 0 Å². The van der Waals surface area contributed by atoms with Crippen molar-refractivity contribution < 1.29 is 4.42 Å². The largest absolute Gasteiger partial charge is 0.456 e. The molecular formula is C23H23NO. The van der Waals surface area contributed by atoms with Crippen molar-refractivity contribution in [3.05, 3.63) is 65.9 Å². The first-order chi connectivity index (χ1) is 12.2. The predicted octanol–water partition coefficient (Wildman–Crippen LogP) is 6.86. The fourth-order valence-electron chi connectivity index (χ4n) is 3.87. The van der Waals surface area contributed by atoms with Crippen LogP contribution in [0.15, 0.2) is 59.1 Å². The maximum absolute atomic E-state index is 6.00. The minimum Gasteiger partial charge on any atom is -0.456 e. The highest BCUT2D eigenvalue weighted by atomic mass is 16.3. The molecule has 126 valence electrons. The second-order valence-corrected chi connectivity index (χ2v) is 6.70. The molecule has 0 radical (unpaired) electrons. The van der Waals surface area contributed by atoms with Crippen LogP contribution < -0.4 is 0 Å². The molecule has 2 heteroatoms. The molecule has 0 atom stereocenters. The number of aromatic nitrogens is 1. The summed E-state index contributed by atoms with van der Waals surface area (Å²) < 4.78 is 6.00. The Morgan fingerprint density at radius 2 is 1.76 bits per heavy atom. The number of hydrogen-bond acceptors (Lipinski definition) is 2. The van der Waals surface area contributed by atoms with Gasteiger partial charge in [-0.15, -0.1) is 0 Å². The van der Waals surface area contributed by atoms with E-state index in [1.165, 1.54) is 27.5 Å². The molecule has 0 N–H and O–H groups in total. The standard InChI is InChI=1S/C23H23NO/c1-4-16(5-2)17-12-13-24-20(14-17)18-10-11-22-23(15(18)3)19-8-6-7-9-21(19)25-22/h6-14,16H,4-5H2,1-3H3. The molecule has 0 aliphatic carbocycles. The number of rotatable bonds is 4. The normalized spacial score (nSPS) is 11.7. The second-order valence-electron chi connectivity index (χ2n) is 6.70. The number of aryl methyl sites for hydroxylation is 1. The molecule has 2 nitrogen and oxygen atoms in total. The number of fused-ring (bicyclic) bond motifs is 3. The first kappa shape index (κ1) is 15.9. The van der Waals surface area contributed by atoms with Crippen molar-refractivity contribution in [2.45, 2.75) is 39.5 Å². The number of pyridine rings is 1. The summed E-state index contributed by atoms with van der Waals surface area (Å²) >= 11 is 0. The maximum atomic E-state index is 6.00. The van der Waals surface area contributed by atoms with Gasteiger partial charge < -0.3 is 4.42 Å². The molecule has 0 saturated carbocycles. The van der Waals surface area contributed by atoms with E-state index >= 15 is 0 Å². The first-order valence-corrected chi connectivity index (χ1v) is 9.10. The molecule has 2 aromatic carbocycles. The lowest BCUT2D eigenvalue weighted by Crippen LogP contribution is -1.97. The van der Waals surface area contributed by atoms with E-state index in [-0.39, 0.29) is 0 Å². The zero-order chi connectivity index (χ0) is 17.4. The summed E-state index contributed by atoms with van der Waals surface area (Å²) in [6.45, 7) is 6.68. The number of hydrogen-bond donors (Lipinski definition) is 0. The summed E-state index contributed by atoms with van der Waals surface area (Å²) in [6, 6.07) is 16.9. The molecule has 25 heavy (non-hydrogen) atoms. The van der Waals surface area contributed by atoms with Gasteiger partial charge in [-0.25, -0.2) is 0 Å². The van der Waals surface area contributed by atoms with E-state index in [9.17, 15) is 0 Å². The molecule has 0 unspecified atom stereocenters. The molecule has 0 amide bonds. The number of benzene rings is 2. The third-order valence-electron chi connectivity index (χ3n) is 5.32. The van der Waals surface area contributed by atoms with E-state index in [2.05, 4.69) is 62.2 Å². The zero-order valence-electron chi connectivity index (χ0n) is 15.0. The van der Waals surface area contributed by atoms with E-state index in [0.717, 1.165) is 29.7 Å². The monoisotopic (exact) mass is 329 g/mol. The highest BCUT2D eigenvalue weighted by Gasteiger charge is 2.15. The van der Waals surface area contributed by atoms with Crippen LogP contribution in [-0.2, 0) is 0 Å². The molecule has 0 spiro atoms. The Kier molecular flexibility index (Phi) is 4.04. The average molecular weight is 329 g/mol. The van der Waals surface area contributed by atoms with Crippen LogP contribution in [0.3, 0.4) is 0 Å². The first-order valence-electron chi connectivity index (χ1n) is 9.10. The summed E-state index contributed by atoms with van der Waals surface area (Å²) in [5.74, 6) is 0.598. The molecule has 0 aliphatic rings. The number of para-hydroxylation sites is 1. The molecule has 4 aromatic rings. The van der Waals surface area contributed by atoms with Crippen molar-refractivity contribution in [2.24, 2.45) is 0 Å². The van der Waals surface area contributed by atoms with Crippen LogP contribution >= 0.6 is 0 Å². The molecule has 0 aliphatic heterocycles. The number of nitrogens with zero attached hydrogens (tertiary/aromatic N) is 1. The molecule has 0 saturated heterocycles. The summed E-state index contributed by atoms with van der Waals surface area (Å²) in [5, 5.41) is 2.37. The van der Waals surface area contributed by atoms with Crippen LogP contribution in [0, 0.1) is 6.92 Å². The Balaban J connectivity index is 1.91. The Hall–Kier alpha value is -2.61. The Morgan fingerprint density at radius 3 is 2.56 bits per heavy atom. The fourth-order valence-corrected chi connectivity index (χ4v) is 3.87. The van der Waals surface area contributed by atoms with E-state index < -0.39 is 0 Å². The highest BCUT2D eigenvalue weighted by Crippen LogP contribution is 2.36. The van der Waals surface area contributed by atoms with Gasteiger partial charge in [0.2, 0.25) is 0 Å². The van der Waals surface area contributed by atoms with Crippen LogP contribution in [0.4, 0.5) is 0 Å². The molecule has 2 aromatic heterocycles. The van der Waals surface area contributed by atoms with Gasteiger partial charge in [-0.2, -0.15) is 0 Å². The Bertz CT molecular complexity index is 1040. The number of furan rings is 1. The quantitative estimate of drug-likeness (QED) is 0.409. The van der Waals surface area contributed by atoms with Gasteiger partial charge >= 0.3 is 0 Å². The molecule has 4 rings (SSSR count). The third kappa shape index (κ3) is 2.62.